The molecule has 2 atom stereocenters. The van der Waals surface area contributed by atoms with Crippen LogP contribution < -0.4 is 4.74 Å². The number of ether oxygens (including phenoxy) is 1. The van der Waals surface area contributed by atoms with E-state index in [-0.39, 0.29) is 6.10 Å². The number of para-hydroxylation sites is 1. The van der Waals surface area contributed by atoms with Crippen molar-refractivity contribution in [2.75, 3.05) is 6.61 Å². The predicted molar refractivity (Wildman–Crippen MR) is 60.2 cm³/mol. The van der Waals surface area contributed by atoms with E-state index in [4.69, 9.17) is 4.74 Å². The molecule has 0 aliphatic carbocycles. The molecule has 0 aromatic heterocycles. The van der Waals surface area contributed by atoms with Crippen molar-refractivity contribution in [1.29, 1.82) is 0 Å². The number of hydrogen-bond donors (Lipinski definition) is 1. The molecule has 1 heterocycles. The van der Waals surface area contributed by atoms with Gasteiger partial charge < -0.3 is 9.84 Å². The summed E-state index contributed by atoms with van der Waals surface area (Å²) in [6.07, 6.45) is 2.58. The van der Waals surface area contributed by atoms with Crippen molar-refractivity contribution < 1.29 is 9.84 Å². The zero-order valence-electron chi connectivity index (χ0n) is 9.15. The lowest BCUT2D eigenvalue weighted by Crippen LogP contribution is -2.08. The normalized spacial score (nSPS) is 20.8. The van der Waals surface area contributed by atoms with Crippen LogP contribution in [0.3, 0.4) is 0 Å². The number of rotatable bonds is 4. The van der Waals surface area contributed by atoms with E-state index in [1.54, 1.807) is 0 Å². The lowest BCUT2D eigenvalue weighted by atomic mass is 9.94. The monoisotopic (exact) mass is 206 g/mol. The molecule has 0 amide bonds. The number of hydrogen-bond acceptors (Lipinski definition) is 2. The Kier molecular flexibility index (Phi) is 3.27. The molecule has 1 N–H and O–H groups in total. The van der Waals surface area contributed by atoms with Gasteiger partial charge in [0.1, 0.15) is 5.75 Å². The van der Waals surface area contributed by atoms with Crippen LogP contribution in [0, 0.1) is 0 Å². The van der Waals surface area contributed by atoms with Gasteiger partial charge in [-0.3, -0.25) is 0 Å². The maximum Gasteiger partial charge on any atom is 0.122 e. The van der Waals surface area contributed by atoms with Crippen molar-refractivity contribution in [1.82, 2.24) is 0 Å². The Morgan fingerprint density at radius 1 is 1.47 bits per heavy atom. The lowest BCUT2D eigenvalue weighted by Gasteiger charge is -2.11. The molecule has 1 aromatic carbocycles. The fraction of sp³-hybridized carbons (Fsp3) is 0.538. The third kappa shape index (κ3) is 2.32. The number of benzene rings is 1. The highest BCUT2D eigenvalue weighted by Crippen LogP contribution is 2.36. The molecule has 0 fully saturated rings. The smallest absolute Gasteiger partial charge is 0.122 e. The SMILES string of the molecule is CCC(O)CCC1COc2ccccc21. The number of fused-ring (bicyclic) bond motifs is 1. The molecular formula is C13H18O2. The summed E-state index contributed by atoms with van der Waals surface area (Å²) in [6.45, 7) is 2.79. The second kappa shape index (κ2) is 4.67. The molecule has 2 heteroatoms. The summed E-state index contributed by atoms with van der Waals surface area (Å²) in [6, 6.07) is 8.20. The molecule has 0 spiro atoms. The number of aliphatic hydroxyl groups is 1. The Balaban J connectivity index is 1.96. The first-order valence-corrected chi connectivity index (χ1v) is 5.71. The van der Waals surface area contributed by atoms with Gasteiger partial charge in [-0.1, -0.05) is 25.1 Å². The topological polar surface area (TPSA) is 29.5 Å². The summed E-state index contributed by atoms with van der Waals surface area (Å²) in [5.41, 5.74) is 1.31. The van der Waals surface area contributed by atoms with E-state index in [1.807, 2.05) is 19.1 Å². The highest BCUT2D eigenvalue weighted by atomic mass is 16.5. The molecule has 0 saturated heterocycles. The van der Waals surface area contributed by atoms with Gasteiger partial charge in [0.15, 0.2) is 0 Å². The highest BCUT2D eigenvalue weighted by Gasteiger charge is 2.23. The molecule has 0 bridgehead atoms. The lowest BCUT2D eigenvalue weighted by molar-refractivity contribution is 0.152. The van der Waals surface area contributed by atoms with Crippen molar-refractivity contribution in [3.05, 3.63) is 29.8 Å². The Morgan fingerprint density at radius 2 is 2.27 bits per heavy atom. The number of aliphatic hydroxyl groups excluding tert-OH is 1. The maximum atomic E-state index is 9.53. The second-order valence-electron chi connectivity index (χ2n) is 4.19. The molecule has 15 heavy (non-hydrogen) atoms. The van der Waals surface area contributed by atoms with Crippen LogP contribution in [0.4, 0.5) is 0 Å². The van der Waals surface area contributed by atoms with Crippen LogP contribution in [0.1, 0.15) is 37.7 Å². The van der Waals surface area contributed by atoms with Gasteiger partial charge in [0.25, 0.3) is 0 Å². The second-order valence-corrected chi connectivity index (χ2v) is 4.19. The van der Waals surface area contributed by atoms with Crippen LogP contribution in [-0.4, -0.2) is 17.8 Å². The predicted octanol–water partition coefficient (Wildman–Crippen LogP) is 2.71. The van der Waals surface area contributed by atoms with Crippen molar-refractivity contribution in [2.45, 2.75) is 38.2 Å². The first-order valence-electron chi connectivity index (χ1n) is 5.71. The van der Waals surface area contributed by atoms with Crippen LogP contribution in [-0.2, 0) is 0 Å². The first kappa shape index (κ1) is 10.5. The van der Waals surface area contributed by atoms with E-state index in [2.05, 4.69) is 12.1 Å². The average Bonchev–Trinajstić information content (AvgIpc) is 2.69. The maximum absolute atomic E-state index is 9.53. The summed E-state index contributed by atoms with van der Waals surface area (Å²) >= 11 is 0. The third-order valence-electron chi connectivity index (χ3n) is 3.12. The largest absolute Gasteiger partial charge is 0.493 e. The van der Waals surface area contributed by atoms with Gasteiger partial charge >= 0.3 is 0 Å². The fourth-order valence-corrected chi connectivity index (χ4v) is 2.07. The van der Waals surface area contributed by atoms with E-state index in [1.165, 1.54) is 5.56 Å². The Labute approximate surface area is 90.9 Å². The molecule has 2 unspecified atom stereocenters. The Hall–Kier alpha value is -1.02. The minimum atomic E-state index is -0.155. The summed E-state index contributed by atoms with van der Waals surface area (Å²) in [7, 11) is 0. The molecule has 2 nitrogen and oxygen atoms in total. The first-order chi connectivity index (χ1) is 7.31. The standard InChI is InChI=1S/C13H18O2/c1-2-11(14)8-7-10-9-15-13-6-4-3-5-12(10)13/h3-6,10-11,14H,2,7-9H2,1H3. The Morgan fingerprint density at radius 3 is 3.07 bits per heavy atom. The van der Waals surface area contributed by atoms with Crippen LogP contribution in [0.15, 0.2) is 24.3 Å². The van der Waals surface area contributed by atoms with Gasteiger partial charge in [-0.25, -0.2) is 0 Å². The summed E-state index contributed by atoms with van der Waals surface area (Å²) < 4.78 is 5.60. The van der Waals surface area contributed by atoms with Gasteiger partial charge in [-0.15, -0.1) is 0 Å². The van der Waals surface area contributed by atoms with E-state index >= 15 is 0 Å². The van der Waals surface area contributed by atoms with Crippen LogP contribution >= 0.6 is 0 Å². The molecule has 2 rings (SSSR count). The molecule has 1 aliphatic heterocycles. The molecular weight excluding hydrogens is 188 g/mol. The van der Waals surface area contributed by atoms with Crippen molar-refractivity contribution in [2.24, 2.45) is 0 Å². The molecule has 1 aliphatic rings. The Bertz CT molecular complexity index is 322. The van der Waals surface area contributed by atoms with Gasteiger partial charge in [0.05, 0.1) is 12.7 Å². The highest BCUT2D eigenvalue weighted by molar-refractivity contribution is 5.39. The van der Waals surface area contributed by atoms with Crippen LogP contribution in [0.2, 0.25) is 0 Å². The minimum absolute atomic E-state index is 0.155. The summed E-state index contributed by atoms with van der Waals surface area (Å²) in [5.74, 6) is 1.50. The summed E-state index contributed by atoms with van der Waals surface area (Å²) in [5, 5.41) is 9.53. The molecule has 82 valence electrons. The minimum Gasteiger partial charge on any atom is -0.493 e. The quantitative estimate of drug-likeness (QED) is 0.820. The van der Waals surface area contributed by atoms with E-state index in [0.717, 1.165) is 31.6 Å². The van der Waals surface area contributed by atoms with Crippen molar-refractivity contribution in [3.8, 4) is 5.75 Å². The van der Waals surface area contributed by atoms with Crippen LogP contribution in [0.5, 0.6) is 5.75 Å². The molecule has 0 saturated carbocycles. The van der Waals surface area contributed by atoms with Gasteiger partial charge in [0, 0.05) is 11.5 Å². The third-order valence-corrected chi connectivity index (χ3v) is 3.12. The van der Waals surface area contributed by atoms with E-state index in [0.29, 0.717) is 5.92 Å². The fourth-order valence-electron chi connectivity index (χ4n) is 2.07. The zero-order chi connectivity index (χ0) is 10.7. The zero-order valence-corrected chi connectivity index (χ0v) is 9.15. The van der Waals surface area contributed by atoms with Crippen LogP contribution in [0.25, 0.3) is 0 Å². The van der Waals surface area contributed by atoms with Gasteiger partial charge in [0.2, 0.25) is 0 Å². The van der Waals surface area contributed by atoms with Crippen molar-refractivity contribution >= 4 is 0 Å². The van der Waals surface area contributed by atoms with Gasteiger partial charge in [-0.2, -0.15) is 0 Å². The van der Waals surface area contributed by atoms with E-state index < -0.39 is 0 Å². The molecule has 0 radical (unpaired) electrons. The summed E-state index contributed by atoms with van der Waals surface area (Å²) in [4.78, 5) is 0. The molecule has 1 aromatic rings. The van der Waals surface area contributed by atoms with Gasteiger partial charge in [-0.05, 0) is 25.3 Å². The van der Waals surface area contributed by atoms with Crippen molar-refractivity contribution in [3.63, 3.8) is 0 Å². The van der Waals surface area contributed by atoms with E-state index in [9.17, 15) is 5.11 Å². The average molecular weight is 206 g/mol.